The molecule has 1 aromatic heterocycles. The van der Waals surface area contributed by atoms with Crippen molar-refractivity contribution < 1.29 is 14.3 Å². The quantitative estimate of drug-likeness (QED) is 0.627. The number of nitrogens with zero attached hydrogens (tertiary/aromatic N) is 2. The molecule has 104 valence electrons. The van der Waals surface area contributed by atoms with E-state index in [9.17, 15) is 4.79 Å². The highest BCUT2D eigenvalue weighted by molar-refractivity contribution is 7.98. The van der Waals surface area contributed by atoms with Gasteiger partial charge in [0.05, 0.1) is 12.7 Å². The molecule has 1 aromatic rings. The summed E-state index contributed by atoms with van der Waals surface area (Å²) in [5.41, 5.74) is 0. The lowest BCUT2D eigenvalue weighted by Gasteiger charge is -2.10. The minimum atomic E-state index is -0.219. The number of carbonyl (C=O) groups excluding carboxylic acids is 1. The number of thioether (sulfide) groups is 1. The van der Waals surface area contributed by atoms with Crippen LogP contribution in [0, 0.1) is 0 Å². The molecule has 7 heteroatoms. The van der Waals surface area contributed by atoms with Gasteiger partial charge in [0.2, 0.25) is 0 Å². The summed E-state index contributed by atoms with van der Waals surface area (Å²) in [6.07, 6.45) is 5.55. The van der Waals surface area contributed by atoms with Crippen molar-refractivity contribution in [2.24, 2.45) is 0 Å². The van der Waals surface area contributed by atoms with E-state index in [2.05, 4.69) is 15.3 Å². The molecule has 2 heterocycles. The van der Waals surface area contributed by atoms with Crippen molar-refractivity contribution in [1.82, 2.24) is 9.97 Å². The molecule has 1 N–H and O–H groups in total. The number of hydrogen-bond acceptors (Lipinski definition) is 6. The number of amides is 1. The van der Waals surface area contributed by atoms with Gasteiger partial charge >= 0.3 is 0 Å². The lowest BCUT2D eigenvalue weighted by atomic mass is 10.2. The van der Waals surface area contributed by atoms with E-state index in [-0.39, 0.29) is 18.6 Å². The van der Waals surface area contributed by atoms with Gasteiger partial charge < -0.3 is 14.8 Å². The summed E-state index contributed by atoms with van der Waals surface area (Å²) in [6, 6.07) is 1.72. The summed E-state index contributed by atoms with van der Waals surface area (Å²) in [5, 5.41) is 3.48. The number of rotatable bonds is 6. The first-order valence-corrected chi connectivity index (χ1v) is 7.35. The van der Waals surface area contributed by atoms with Crippen molar-refractivity contribution >= 4 is 23.5 Å². The Morgan fingerprint density at radius 3 is 3.26 bits per heavy atom. The van der Waals surface area contributed by atoms with Gasteiger partial charge in [-0.2, -0.15) is 0 Å². The monoisotopic (exact) mass is 283 g/mol. The Morgan fingerprint density at radius 2 is 2.53 bits per heavy atom. The smallest absolute Gasteiger partial charge is 0.251 e. The lowest BCUT2D eigenvalue weighted by Crippen LogP contribution is -2.23. The second kappa shape index (κ2) is 7.42. The van der Waals surface area contributed by atoms with Crippen LogP contribution in [0.5, 0.6) is 0 Å². The molecule has 0 bridgehead atoms. The van der Waals surface area contributed by atoms with Gasteiger partial charge in [-0.15, -0.1) is 11.8 Å². The number of aromatic nitrogens is 2. The van der Waals surface area contributed by atoms with Gasteiger partial charge in [0.25, 0.3) is 5.91 Å². The van der Waals surface area contributed by atoms with Gasteiger partial charge in [-0.05, 0) is 19.1 Å². The summed E-state index contributed by atoms with van der Waals surface area (Å²) in [7, 11) is 0. The maximum atomic E-state index is 11.6. The van der Waals surface area contributed by atoms with Crippen LogP contribution in [0.1, 0.15) is 12.8 Å². The van der Waals surface area contributed by atoms with E-state index in [0.717, 1.165) is 24.5 Å². The van der Waals surface area contributed by atoms with E-state index in [4.69, 9.17) is 9.47 Å². The molecule has 0 saturated carbocycles. The zero-order valence-electron chi connectivity index (χ0n) is 10.8. The molecule has 2 rings (SSSR count). The number of nitrogens with one attached hydrogen (secondary N) is 1. The number of ether oxygens (including phenoxy) is 2. The summed E-state index contributed by atoms with van der Waals surface area (Å²) in [4.78, 5) is 19.7. The molecule has 1 fully saturated rings. The molecule has 0 spiro atoms. The summed E-state index contributed by atoms with van der Waals surface area (Å²) >= 11 is 1.49. The molecule has 1 amide bonds. The molecular weight excluding hydrogens is 266 g/mol. The highest BCUT2D eigenvalue weighted by Crippen LogP contribution is 2.14. The zero-order chi connectivity index (χ0) is 13.5. The maximum absolute atomic E-state index is 11.6. The third-order valence-electron chi connectivity index (χ3n) is 2.68. The van der Waals surface area contributed by atoms with Crippen LogP contribution >= 0.6 is 11.8 Å². The first-order valence-electron chi connectivity index (χ1n) is 6.13. The Kier molecular flexibility index (Phi) is 5.56. The van der Waals surface area contributed by atoms with E-state index >= 15 is 0 Å². The van der Waals surface area contributed by atoms with E-state index in [0.29, 0.717) is 12.4 Å². The molecular formula is C12H17N3O3S. The SMILES string of the molecule is CSc1cc(NC(=O)COCC2CCCO2)ncn1. The molecule has 6 nitrogen and oxygen atoms in total. The van der Waals surface area contributed by atoms with Crippen LogP contribution in [0.2, 0.25) is 0 Å². The van der Waals surface area contributed by atoms with Gasteiger partial charge in [-0.3, -0.25) is 4.79 Å². The third kappa shape index (κ3) is 4.77. The van der Waals surface area contributed by atoms with Crippen molar-refractivity contribution in [3.05, 3.63) is 12.4 Å². The minimum Gasteiger partial charge on any atom is -0.376 e. The van der Waals surface area contributed by atoms with E-state index in [1.165, 1.54) is 18.1 Å². The average Bonchev–Trinajstić information content (AvgIpc) is 2.92. The second-order valence-electron chi connectivity index (χ2n) is 4.14. The molecule has 1 unspecified atom stereocenters. The largest absolute Gasteiger partial charge is 0.376 e. The van der Waals surface area contributed by atoms with Crippen molar-refractivity contribution in [1.29, 1.82) is 0 Å². The third-order valence-corrected chi connectivity index (χ3v) is 3.32. The summed E-state index contributed by atoms with van der Waals surface area (Å²) in [5.74, 6) is 0.272. The zero-order valence-corrected chi connectivity index (χ0v) is 11.6. The Bertz CT molecular complexity index is 424. The Morgan fingerprint density at radius 1 is 1.63 bits per heavy atom. The number of carbonyl (C=O) groups is 1. The summed E-state index contributed by atoms with van der Waals surface area (Å²) < 4.78 is 10.7. The van der Waals surface area contributed by atoms with Crippen molar-refractivity contribution in [2.45, 2.75) is 24.0 Å². The summed E-state index contributed by atoms with van der Waals surface area (Å²) in [6.45, 7) is 1.27. The molecule has 1 aliphatic heterocycles. The van der Waals surface area contributed by atoms with Crippen LogP contribution in [0.25, 0.3) is 0 Å². The highest BCUT2D eigenvalue weighted by atomic mass is 32.2. The van der Waals surface area contributed by atoms with Gasteiger partial charge in [0.1, 0.15) is 23.8 Å². The van der Waals surface area contributed by atoms with Crippen molar-refractivity contribution in [3.63, 3.8) is 0 Å². The lowest BCUT2D eigenvalue weighted by molar-refractivity contribution is -0.121. The van der Waals surface area contributed by atoms with Crippen LogP contribution in [0.3, 0.4) is 0 Å². The highest BCUT2D eigenvalue weighted by Gasteiger charge is 2.16. The molecule has 1 saturated heterocycles. The van der Waals surface area contributed by atoms with E-state index < -0.39 is 0 Å². The van der Waals surface area contributed by atoms with Crippen LogP contribution < -0.4 is 5.32 Å². The maximum Gasteiger partial charge on any atom is 0.251 e. The molecule has 0 aliphatic carbocycles. The number of hydrogen-bond donors (Lipinski definition) is 1. The van der Waals surface area contributed by atoms with E-state index in [1.807, 2.05) is 6.26 Å². The topological polar surface area (TPSA) is 73.3 Å². The first-order chi connectivity index (χ1) is 9.28. The molecule has 19 heavy (non-hydrogen) atoms. The van der Waals surface area contributed by atoms with Crippen molar-refractivity contribution in [2.75, 3.05) is 31.4 Å². The standard InChI is InChI=1S/C12H17N3O3S/c1-19-12-5-10(13-8-14-12)15-11(16)7-17-6-9-3-2-4-18-9/h5,8-9H,2-4,6-7H2,1H3,(H,13,14,15,16). The van der Waals surface area contributed by atoms with Crippen molar-refractivity contribution in [3.8, 4) is 0 Å². The Balaban J connectivity index is 1.70. The van der Waals surface area contributed by atoms with Crippen LogP contribution in [-0.4, -0.2) is 48.1 Å². The molecule has 1 aliphatic rings. The molecule has 0 aromatic carbocycles. The van der Waals surface area contributed by atoms with Gasteiger partial charge in [-0.25, -0.2) is 9.97 Å². The second-order valence-corrected chi connectivity index (χ2v) is 4.97. The normalized spacial score (nSPS) is 18.5. The van der Waals surface area contributed by atoms with Crippen LogP contribution in [-0.2, 0) is 14.3 Å². The van der Waals surface area contributed by atoms with Gasteiger partial charge in [0.15, 0.2) is 0 Å². The number of anilines is 1. The van der Waals surface area contributed by atoms with Crippen LogP contribution in [0.4, 0.5) is 5.82 Å². The van der Waals surface area contributed by atoms with Crippen LogP contribution in [0.15, 0.2) is 17.4 Å². The fourth-order valence-corrected chi connectivity index (χ4v) is 2.14. The Hall–Kier alpha value is -1.18. The minimum absolute atomic E-state index is 0.0124. The average molecular weight is 283 g/mol. The fourth-order valence-electron chi connectivity index (χ4n) is 1.76. The van der Waals surface area contributed by atoms with E-state index in [1.54, 1.807) is 6.07 Å². The molecule has 1 atom stereocenters. The van der Waals surface area contributed by atoms with Gasteiger partial charge in [-0.1, -0.05) is 0 Å². The van der Waals surface area contributed by atoms with Gasteiger partial charge in [0, 0.05) is 12.7 Å². The fraction of sp³-hybridized carbons (Fsp3) is 0.583. The molecule has 0 radical (unpaired) electrons. The first kappa shape index (κ1) is 14.2. The predicted molar refractivity (Wildman–Crippen MR) is 72.2 cm³/mol. The predicted octanol–water partition coefficient (Wildman–Crippen LogP) is 1.33. The Labute approximate surface area is 116 Å².